The van der Waals surface area contributed by atoms with E-state index < -0.39 is 0 Å². The Morgan fingerprint density at radius 3 is 2.80 bits per heavy atom. The predicted octanol–water partition coefficient (Wildman–Crippen LogP) is 5.20. The van der Waals surface area contributed by atoms with Gasteiger partial charge in [-0.25, -0.2) is 9.37 Å². The highest BCUT2D eigenvalue weighted by Crippen LogP contribution is 2.28. The molecule has 0 amide bonds. The van der Waals surface area contributed by atoms with E-state index in [1.165, 1.54) is 15.7 Å². The van der Waals surface area contributed by atoms with Gasteiger partial charge >= 0.3 is 0 Å². The lowest BCUT2D eigenvalue weighted by atomic mass is 9.88. The topological polar surface area (TPSA) is 12.9 Å². The second-order valence-corrected chi connectivity index (χ2v) is 7.60. The average molecular weight is 358 g/mol. The van der Waals surface area contributed by atoms with Crippen LogP contribution >= 0.6 is 11.3 Å². The number of nitrogens with zero attached hydrogens (tertiary/aromatic N) is 1. The summed E-state index contributed by atoms with van der Waals surface area (Å²) in [6.45, 7) is 12.5. The first kappa shape index (κ1) is 19.6. The minimum atomic E-state index is -0.154. The summed E-state index contributed by atoms with van der Waals surface area (Å²) in [5, 5.41) is 1.07. The van der Waals surface area contributed by atoms with Crippen LogP contribution in [0.4, 0.5) is 4.39 Å². The van der Waals surface area contributed by atoms with E-state index in [4.69, 9.17) is 0 Å². The molecule has 134 valence electrons. The molecule has 1 aromatic carbocycles. The van der Waals surface area contributed by atoms with Gasteiger partial charge in [0.2, 0.25) is 0 Å². The Morgan fingerprint density at radius 1 is 1.36 bits per heavy atom. The van der Waals surface area contributed by atoms with Crippen LogP contribution in [-0.2, 0) is 6.42 Å². The molecular weight excluding hydrogens is 329 g/mol. The lowest BCUT2D eigenvalue weighted by Gasteiger charge is -2.17. The molecule has 3 heteroatoms. The summed E-state index contributed by atoms with van der Waals surface area (Å²) in [4.78, 5) is 4.61. The van der Waals surface area contributed by atoms with Crippen molar-refractivity contribution in [2.24, 2.45) is 5.92 Å². The molecule has 0 aliphatic rings. The molecule has 0 radical (unpaired) electrons. The lowest BCUT2D eigenvalue weighted by Crippen LogP contribution is -2.25. The van der Waals surface area contributed by atoms with E-state index in [-0.39, 0.29) is 11.7 Å². The van der Waals surface area contributed by atoms with Crippen molar-refractivity contribution in [1.29, 1.82) is 0 Å². The second kappa shape index (κ2) is 9.10. The largest absolute Gasteiger partial charge is 0.245 e. The van der Waals surface area contributed by atoms with Crippen LogP contribution in [0, 0.1) is 11.7 Å². The predicted molar refractivity (Wildman–Crippen MR) is 108 cm³/mol. The van der Waals surface area contributed by atoms with E-state index >= 15 is 0 Å². The van der Waals surface area contributed by atoms with E-state index in [0.29, 0.717) is 5.92 Å². The molecule has 2 unspecified atom stereocenters. The van der Waals surface area contributed by atoms with Crippen molar-refractivity contribution < 1.29 is 4.39 Å². The SMILES string of the molecule is C=CC(C)C/C=c1\scn\c1=C(\C)C(C)c1ccc(F)cc1CCC. The number of aryl methyl sites for hydroxylation is 1. The van der Waals surface area contributed by atoms with Gasteiger partial charge in [0.05, 0.1) is 15.4 Å². The molecule has 0 saturated heterocycles. The molecule has 2 rings (SSSR count). The van der Waals surface area contributed by atoms with E-state index in [1.54, 1.807) is 23.5 Å². The molecule has 0 fully saturated rings. The third-order valence-electron chi connectivity index (χ3n) is 4.79. The maximum absolute atomic E-state index is 13.7. The van der Waals surface area contributed by atoms with Crippen molar-refractivity contribution in [2.75, 3.05) is 0 Å². The van der Waals surface area contributed by atoms with Crippen LogP contribution in [0.25, 0.3) is 11.6 Å². The smallest absolute Gasteiger partial charge is 0.123 e. The number of hydrogen-bond acceptors (Lipinski definition) is 2. The van der Waals surface area contributed by atoms with Crippen LogP contribution in [0.1, 0.15) is 57.6 Å². The van der Waals surface area contributed by atoms with Gasteiger partial charge in [-0.2, -0.15) is 0 Å². The Kier molecular flexibility index (Phi) is 7.12. The van der Waals surface area contributed by atoms with Crippen molar-refractivity contribution in [3.63, 3.8) is 0 Å². The van der Waals surface area contributed by atoms with Crippen LogP contribution in [0.3, 0.4) is 0 Å². The third-order valence-corrected chi connectivity index (χ3v) is 5.61. The number of rotatable bonds is 7. The summed E-state index contributed by atoms with van der Waals surface area (Å²) in [5.74, 6) is 0.521. The molecule has 25 heavy (non-hydrogen) atoms. The van der Waals surface area contributed by atoms with Gasteiger partial charge in [-0.3, -0.25) is 0 Å². The fourth-order valence-electron chi connectivity index (χ4n) is 3.01. The van der Waals surface area contributed by atoms with Crippen molar-refractivity contribution in [1.82, 2.24) is 4.98 Å². The maximum Gasteiger partial charge on any atom is 0.123 e. The van der Waals surface area contributed by atoms with E-state index in [2.05, 4.69) is 45.3 Å². The zero-order valence-electron chi connectivity index (χ0n) is 15.7. The normalized spacial score (nSPS) is 15.8. The highest BCUT2D eigenvalue weighted by molar-refractivity contribution is 7.07. The Labute approximate surface area is 154 Å². The first-order chi connectivity index (χ1) is 12.0. The first-order valence-corrected chi connectivity index (χ1v) is 9.87. The molecule has 0 aliphatic carbocycles. The van der Waals surface area contributed by atoms with Crippen LogP contribution < -0.4 is 9.88 Å². The minimum absolute atomic E-state index is 0.154. The standard InChI is InChI=1S/C22H28FNS/c1-6-8-18-13-19(23)10-11-20(18)16(4)17(5)22-21(25-14-24-22)12-9-15(3)7-2/h7,10-16H,2,6,8-9H2,1,3-5H3/b21-12-,22-17-. The molecule has 1 heterocycles. The molecule has 1 aromatic heterocycles. The van der Waals surface area contributed by atoms with Crippen molar-refractivity contribution in [2.45, 2.75) is 52.9 Å². The van der Waals surface area contributed by atoms with Gasteiger partial charge in [0, 0.05) is 5.92 Å². The van der Waals surface area contributed by atoms with Gasteiger partial charge in [0.1, 0.15) is 5.82 Å². The van der Waals surface area contributed by atoms with Crippen LogP contribution in [0.15, 0.2) is 36.4 Å². The van der Waals surface area contributed by atoms with Gasteiger partial charge in [0.15, 0.2) is 0 Å². The Bertz CT molecular complexity index is 834. The fraction of sp³-hybridized carbons (Fsp3) is 0.409. The van der Waals surface area contributed by atoms with Gasteiger partial charge in [-0.15, -0.1) is 17.9 Å². The number of allylic oxidation sites excluding steroid dienone is 1. The number of thiazole rings is 1. The molecule has 1 nitrogen and oxygen atoms in total. The number of benzene rings is 1. The fourth-order valence-corrected chi connectivity index (χ4v) is 3.80. The van der Waals surface area contributed by atoms with Crippen molar-refractivity contribution in [3.8, 4) is 0 Å². The molecule has 2 aromatic rings. The molecule has 0 bridgehead atoms. The van der Waals surface area contributed by atoms with Crippen LogP contribution in [0.2, 0.25) is 0 Å². The van der Waals surface area contributed by atoms with Crippen LogP contribution in [-0.4, -0.2) is 4.98 Å². The maximum atomic E-state index is 13.7. The summed E-state index contributed by atoms with van der Waals surface area (Å²) < 4.78 is 14.9. The van der Waals surface area contributed by atoms with Crippen LogP contribution in [0.5, 0.6) is 0 Å². The molecule has 2 atom stereocenters. The molecule has 0 aliphatic heterocycles. The highest BCUT2D eigenvalue weighted by atomic mass is 32.1. The highest BCUT2D eigenvalue weighted by Gasteiger charge is 2.14. The van der Waals surface area contributed by atoms with Gasteiger partial charge in [0.25, 0.3) is 0 Å². The zero-order chi connectivity index (χ0) is 18.4. The third kappa shape index (κ3) is 4.88. The molecule has 0 spiro atoms. The monoisotopic (exact) mass is 357 g/mol. The van der Waals surface area contributed by atoms with Gasteiger partial charge in [-0.1, -0.05) is 45.4 Å². The van der Waals surface area contributed by atoms with E-state index in [1.807, 2.05) is 17.7 Å². The summed E-state index contributed by atoms with van der Waals surface area (Å²) >= 11 is 1.68. The second-order valence-electron chi connectivity index (χ2n) is 6.72. The van der Waals surface area contributed by atoms with Gasteiger partial charge in [-0.05, 0) is 54.5 Å². The van der Waals surface area contributed by atoms with E-state index in [9.17, 15) is 4.39 Å². The number of aromatic nitrogens is 1. The Morgan fingerprint density at radius 2 is 2.12 bits per heavy atom. The zero-order valence-corrected chi connectivity index (χ0v) is 16.5. The van der Waals surface area contributed by atoms with Crippen molar-refractivity contribution >= 4 is 23.0 Å². The molecular formula is C22H28FNS. The summed E-state index contributed by atoms with van der Waals surface area (Å²) in [7, 11) is 0. The summed E-state index contributed by atoms with van der Waals surface area (Å²) in [6.07, 6.45) is 7.12. The molecule has 0 N–H and O–H groups in total. The van der Waals surface area contributed by atoms with Gasteiger partial charge < -0.3 is 0 Å². The first-order valence-electron chi connectivity index (χ1n) is 8.99. The van der Waals surface area contributed by atoms with E-state index in [0.717, 1.165) is 30.2 Å². The quantitative estimate of drug-likeness (QED) is 0.621. The Balaban J connectivity index is 2.47. The Hall–Kier alpha value is -1.74. The number of halogens is 1. The average Bonchev–Trinajstić information content (AvgIpc) is 3.07. The van der Waals surface area contributed by atoms with Crippen molar-refractivity contribution in [3.05, 3.63) is 63.2 Å². The number of hydrogen-bond donors (Lipinski definition) is 0. The summed E-state index contributed by atoms with van der Waals surface area (Å²) in [5.41, 5.74) is 5.46. The molecule has 0 saturated carbocycles. The lowest BCUT2D eigenvalue weighted by molar-refractivity contribution is 0.623. The minimum Gasteiger partial charge on any atom is -0.245 e. The summed E-state index contributed by atoms with van der Waals surface area (Å²) in [6, 6.07) is 5.19.